The Morgan fingerprint density at radius 2 is 2.42 bits per heavy atom. The fourth-order valence-corrected chi connectivity index (χ4v) is 2.57. The molecule has 0 aliphatic carbocycles. The number of ether oxygens (including phenoxy) is 2. The van der Waals surface area contributed by atoms with Crippen LogP contribution in [0.2, 0.25) is 0 Å². The fourth-order valence-electron chi connectivity index (χ4n) is 2.57. The van der Waals surface area contributed by atoms with Crippen LogP contribution >= 0.6 is 0 Å². The SMILES string of the molecule is C#CC1(N)CO[C@@H]([C@@H](C)O)O[C@H]1n1cc(F)c2c(=O)[nH]c(N)nc21. The zero-order valence-electron chi connectivity index (χ0n) is 12.7. The monoisotopic (exact) mass is 337 g/mol. The quantitative estimate of drug-likeness (QED) is 0.517. The van der Waals surface area contributed by atoms with Crippen LogP contribution in [0.15, 0.2) is 11.0 Å². The van der Waals surface area contributed by atoms with Crippen molar-refractivity contribution in [3.63, 3.8) is 0 Å². The molecule has 0 bridgehead atoms. The number of anilines is 1. The summed E-state index contributed by atoms with van der Waals surface area (Å²) in [6.45, 7) is 1.31. The number of hydrogen-bond donors (Lipinski definition) is 4. The number of nitrogens with zero attached hydrogens (tertiary/aromatic N) is 2. The summed E-state index contributed by atoms with van der Waals surface area (Å²) in [5, 5.41) is 9.38. The Hall–Kier alpha value is -2.45. The largest absolute Gasteiger partial charge is 0.388 e. The highest BCUT2D eigenvalue weighted by molar-refractivity contribution is 5.77. The first-order valence-corrected chi connectivity index (χ1v) is 7.04. The van der Waals surface area contributed by atoms with Crippen molar-refractivity contribution in [2.75, 3.05) is 12.3 Å². The molecule has 1 aliphatic heterocycles. The Morgan fingerprint density at radius 3 is 3.04 bits per heavy atom. The second-order valence-electron chi connectivity index (χ2n) is 5.63. The first-order valence-electron chi connectivity index (χ1n) is 7.04. The third-order valence-corrected chi connectivity index (χ3v) is 3.76. The first kappa shape index (κ1) is 16.4. The minimum Gasteiger partial charge on any atom is -0.388 e. The van der Waals surface area contributed by atoms with Crippen molar-refractivity contribution in [2.24, 2.45) is 5.73 Å². The van der Waals surface area contributed by atoms with E-state index in [4.69, 9.17) is 27.4 Å². The lowest BCUT2D eigenvalue weighted by Crippen LogP contribution is -2.58. The van der Waals surface area contributed by atoms with E-state index < -0.39 is 35.5 Å². The second kappa shape index (κ2) is 5.57. The number of aliphatic hydroxyl groups excluding tert-OH is 1. The van der Waals surface area contributed by atoms with E-state index in [9.17, 15) is 14.3 Å². The van der Waals surface area contributed by atoms with Gasteiger partial charge in [0.2, 0.25) is 5.95 Å². The molecule has 1 unspecified atom stereocenters. The van der Waals surface area contributed by atoms with Gasteiger partial charge in [0.1, 0.15) is 17.0 Å². The molecule has 1 saturated heterocycles. The number of fused-ring (bicyclic) bond motifs is 1. The molecule has 0 saturated carbocycles. The minimum atomic E-state index is -1.47. The maximum Gasteiger partial charge on any atom is 0.264 e. The summed E-state index contributed by atoms with van der Waals surface area (Å²) in [6.07, 6.45) is 3.34. The number of terminal acetylenes is 1. The average molecular weight is 337 g/mol. The normalized spacial score (nSPS) is 28.6. The van der Waals surface area contributed by atoms with Gasteiger partial charge in [0.25, 0.3) is 5.56 Å². The van der Waals surface area contributed by atoms with Crippen molar-refractivity contribution in [1.82, 2.24) is 14.5 Å². The van der Waals surface area contributed by atoms with Gasteiger partial charge >= 0.3 is 0 Å². The standard InChI is InChI=1S/C14H16FN5O4/c1-3-14(17)5-23-11(6(2)21)24-12(14)20-4-7(15)8-9(20)18-13(16)19-10(8)22/h1,4,6,11-12,21H,5,17H2,2H3,(H3,16,18,19,22)/t6-,11-,12-,14?/m1/s1. The van der Waals surface area contributed by atoms with Gasteiger partial charge in [-0.25, -0.2) is 4.39 Å². The number of nitrogens with one attached hydrogen (secondary N) is 1. The van der Waals surface area contributed by atoms with Crippen LogP contribution in [-0.2, 0) is 9.47 Å². The van der Waals surface area contributed by atoms with E-state index in [0.717, 1.165) is 6.20 Å². The summed E-state index contributed by atoms with van der Waals surface area (Å²) in [5.41, 5.74) is 9.36. The molecule has 24 heavy (non-hydrogen) atoms. The number of nitrogens with two attached hydrogens (primary N) is 2. The van der Waals surface area contributed by atoms with Crippen LogP contribution in [0.5, 0.6) is 0 Å². The Morgan fingerprint density at radius 1 is 1.71 bits per heavy atom. The highest BCUT2D eigenvalue weighted by atomic mass is 19.1. The summed E-state index contributed by atoms with van der Waals surface area (Å²) in [7, 11) is 0. The highest BCUT2D eigenvalue weighted by Crippen LogP contribution is 2.33. The number of aromatic nitrogens is 3. The Kier molecular flexibility index (Phi) is 3.81. The lowest BCUT2D eigenvalue weighted by atomic mass is 9.99. The molecule has 0 aromatic carbocycles. The molecule has 0 amide bonds. The number of aromatic amines is 1. The van der Waals surface area contributed by atoms with Crippen LogP contribution in [0, 0.1) is 18.2 Å². The molecular formula is C14H16FN5O4. The molecule has 1 fully saturated rings. The maximum absolute atomic E-state index is 14.2. The molecule has 0 radical (unpaired) electrons. The number of H-pyrrole nitrogens is 1. The zero-order chi connectivity index (χ0) is 17.6. The number of halogens is 1. The molecule has 6 N–H and O–H groups in total. The number of aliphatic hydroxyl groups is 1. The first-order chi connectivity index (χ1) is 11.3. The minimum absolute atomic E-state index is 0.0740. The van der Waals surface area contributed by atoms with Crippen LogP contribution < -0.4 is 17.0 Å². The van der Waals surface area contributed by atoms with E-state index >= 15 is 0 Å². The van der Waals surface area contributed by atoms with Crippen molar-refractivity contribution in [2.45, 2.75) is 31.1 Å². The van der Waals surface area contributed by atoms with Crippen molar-refractivity contribution < 1.29 is 19.0 Å². The van der Waals surface area contributed by atoms with Gasteiger partial charge in [-0.2, -0.15) is 4.98 Å². The molecular weight excluding hydrogens is 321 g/mol. The summed E-state index contributed by atoms with van der Waals surface area (Å²) in [5.74, 6) is 1.32. The lowest BCUT2D eigenvalue weighted by molar-refractivity contribution is -0.281. The molecule has 2 aromatic rings. The summed E-state index contributed by atoms with van der Waals surface area (Å²) in [6, 6.07) is 0. The Bertz CT molecular complexity index is 886. The molecule has 128 valence electrons. The van der Waals surface area contributed by atoms with Gasteiger partial charge < -0.3 is 26.0 Å². The maximum atomic E-state index is 14.2. The zero-order valence-corrected chi connectivity index (χ0v) is 12.7. The Balaban J connectivity index is 2.20. The lowest BCUT2D eigenvalue weighted by Gasteiger charge is -2.42. The smallest absolute Gasteiger partial charge is 0.264 e. The number of nitrogen functional groups attached to an aromatic ring is 1. The molecule has 10 heteroatoms. The average Bonchev–Trinajstić information content (AvgIpc) is 2.84. The van der Waals surface area contributed by atoms with Crippen LogP contribution in [0.25, 0.3) is 11.0 Å². The second-order valence-corrected chi connectivity index (χ2v) is 5.63. The van der Waals surface area contributed by atoms with Crippen molar-refractivity contribution in [3.05, 3.63) is 22.4 Å². The predicted molar refractivity (Wildman–Crippen MR) is 82.0 cm³/mol. The molecule has 9 nitrogen and oxygen atoms in total. The summed E-state index contributed by atoms with van der Waals surface area (Å²) >= 11 is 0. The van der Waals surface area contributed by atoms with E-state index in [1.54, 1.807) is 0 Å². The van der Waals surface area contributed by atoms with Crippen molar-refractivity contribution >= 4 is 17.0 Å². The van der Waals surface area contributed by atoms with E-state index in [2.05, 4.69) is 15.9 Å². The van der Waals surface area contributed by atoms with E-state index in [1.807, 2.05) is 0 Å². The van der Waals surface area contributed by atoms with Gasteiger partial charge in [0.15, 0.2) is 24.0 Å². The number of hydrogen-bond acceptors (Lipinski definition) is 7. The van der Waals surface area contributed by atoms with Gasteiger partial charge in [0, 0.05) is 6.20 Å². The van der Waals surface area contributed by atoms with Gasteiger partial charge in [0.05, 0.1) is 6.61 Å². The molecule has 2 aromatic heterocycles. The van der Waals surface area contributed by atoms with Crippen LogP contribution in [0.1, 0.15) is 13.2 Å². The molecule has 4 atom stereocenters. The van der Waals surface area contributed by atoms with Crippen LogP contribution in [-0.4, -0.2) is 44.2 Å². The highest BCUT2D eigenvalue weighted by Gasteiger charge is 2.45. The Labute approximate surface area is 135 Å². The number of rotatable bonds is 2. The van der Waals surface area contributed by atoms with E-state index in [1.165, 1.54) is 11.5 Å². The third-order valence-electron chi connectivity index (χ3n) is 3.76. The molecule has 3 rings (SSSR count). The summed E-state index contributed by atoms with van der Waals surface area (Å²) < 4.78 is 26.3. The van der Waals surface area contributed by atoms with E-state index in [0.29, 0.717) is 0 Å². The van der Waals surface area contributed by atoms with Gasteiger partial charge in [-0.3, -0.25) is 14.3 Å². The third kappa shape index (κ3) is 2.44. The fraction of sp³-hybridized carbons (Fsp3) is 0.429. The topological polar surface area (TPSA) is 141 Å². The van der Waals surface area contributed by atoms with Gasteiger partial charge in [-0.15, -0.1) is 6.42 Å². The van der Waals surface area contributed by atoms with Crippen LogP contribution in [0.4, 0.5) is 10.3 Å². The molecule has 1 aliphatic rings. The van der Waals surface area contributed by atoms with Crippen LogP contribution in [0.3, 0.4) is 0 Å². The van der Waals surface area contributed by atoms with Crippen molar-refractivity contribution in [3.8, 4) is 12.3 Å². The summed E-state index contributed by atoms with van der Waals surface area (Å²) in [4.78, 5) is 18.1. The molecule has 3 heterocycles. The van der Waals surface area contributed by atoms with Crippen molar-refractivity contribution in [1.29, 1.82) is 0 Å². The molecule has 0 spiro atoms. The van der Waals surface area contributed by atoms with Gasteiger partial charge in [-0.05, 0) is 6.92 Å². The predicted octanol–water partition coefficient (Wildman–Crippen LogP) is -0.971. The van der Waals surface area contributed by atoms with Gasteiger partial charge in [-0.1, -0.05) is 5.92 Å². The van der Waals surface area contributed by atoms with E-state index in [-0.39, 0.29) is 23.6 Å².